The summed E-state index contributed by atoms with van der Waals surface area (Å²) in [7, 11) is 1.62. The Labute approximate surface area is 161 Å². The van der Waals surface area contributed by atoms with Crippen LogP contribution < -0.4 is 9.75 Å². The van der Waals surface area contributed by atoms with Crippen molar-refractivity contribution < 1.29 is 14.3 Å². The number of carbonyl (C=O) groups is 1. The Hall–Kier alpha value is -1.75. The highest BCUT2D eigenvalue weighted by Crippen LogP contribution is 2.57. The van der Waals surface area contributed by atoms with Crippen molar-refractivity contribution in [3.63, 3.8) is 0 Å². The third kappa shape index (κ3) is 2.58. The van der Waals surface area contributed by atoms with Gasteiger partial charge in [0.2, 0.25) is 0 Å². The highest BCUT2D eigenvalue weighted by molar-refractivity contribution is 5.98. The van der Waals surface area contributed by atoms with Crippen LogP contribution in [0.5, 0.6) is 5.75 Å². The molecule has 5 nitrogen and oxygen atoms in total. The van der Waals surface area contributed by atoms with Gasteiger partial charge in [-0.1, -0.05) is 6.07 Å². The molecule has 27 heavy (non-hydrogen) atoms. The van der Waals surface area contributed by atoms with Gasteiger partial charge in [0.1, 0.15) is 11.3 Å². The second-order valence-electron chi connectivity index (χ2n) is 9.49. The van der Waals surface area contributed by atoms with Gasteiger partial charge in [-0.3, -0.25) is 9.80 Å². The molecule has 4 bridgehead atoms. The largest absolute Gasteiger partial charge is 0.467 e. The molecular formula is C22H30N2O3. The van der Waals surface area contributed by atoms with Crippen LogP contribution in [0.25, 0.3) is 0 Å². The predicted octanol–water partition coefficient (Wildman–Crippen LogP) is 3.84. The Morgan fingerprint density at radius 3 is 2.37 bits per heavy atom. The molecule has 4 aliphatic carbocycles. The number of anilines is 1. The standard InChI is InChI=1S/C22H30N2O3/c1-22(2)21(25)23(20-16-8-14-7-15(10-16)11-17(20)9-14)24(22)18-5-4-6-19(12-18)27-13-26-3/h4-6,12,14-17,20H,7-11,13H2,1-3H3. The molecule has 0 atom stereocenters. The summed E-state index contributed by atoms with van der Waals surface area (Å²) in [6.07, 6.45) is 6.68. The lowest BCUT2D eigenvalue weighted by Gasteiger charge is -2.65. The molecule has 5 fully saturated rings. The van der Waals surface area contributed by atoms with Gasteiger partial charge in [0.15, 0.2) is 6.79 Å². The predicted molar refractivity (Wildman–Crippen MR) is 103 cm³/mol. The molecule has 4 saturated carbocycles. The number of ether oxygens (including phenoxy) is 2. The summed E-state index contributed by atoms with van der Waals surface area (Å²) in [5.41, 5.74) is 0.524. The first-order valence-corrected chi connectivity index (χ1v) is 10.3. The average molecular weight is 370 g/mol. The first kappa shape index (κ1) is 17.4. The molecule has 5 aliphatic rings. The van der Waals surface area contributed by atoms with E-state index >= 15 is 0 Å². The summed E-state index contributed by atoms with van der Waals surface area (Å²) in [4.78, 5) is 13.2. The Bertz CT molecular complexity index is 719. The smallest absolute Gasteiger partial charge is 0.268 e. The Morgan fingerprint density at radius 2 is 1.74 bits per heavy atom. The molecule has 0 radical (unpaired) electrons. The first-order valence-electron chi connectivity index (χ1n) is 10.3. The SMILES string of the molecule is COCOc1cccc(N2N(C3C4CC5CC(C4)CC3C5)C(=O)C2(C)C)c1. The molecule has 1 saturated heterocycles. The minimum atomic E-state index is -0.505. The number of hydrogen-bond acceptors (Lipinski definition) is 4. The van der Waals surface area contributed by atoms with Gasteiger partial charge in [0, 0.05) is 13.2 Å². The van der Waals surface area contributed by atoms with Crippen LogP contribution in [0.3, 0.4) is 0 Å². The van der Waals surface area contributed by atoms with Gasteiger partial charge in [-0.25, -0.2) is 5.01 Å². The summed E-state index contributed by atoms with van der Waals surface area (Å²) >= 11 is 0. The van der Waals surface area contributed by atoms with E-state index in [1.54, 1.807) is 7.11 Å². The average Bonchev–Trinajstić information content (AvgIpc) is 2.64. The van der Waals surface area contributed by atoms with E-state index in [1.165, 1.54) is 32.1 Å². The third-order valence-corrected chi connectivity index (χ3v) is 7.34. The van der Waals surface area contributed by atoms with Crippen LogP contribution in [0, 0.1) is 23.7 Å². The summed E-state index contributed by atoms with van der Waals surface area (Å²) in [6, 6.07) is 8.41. The van der Waals surface area contributed by atoms with Gasteiger partial charge in [-0.05, 0) is 81.8 Å². The molecule has 1 aliphatic heterocycles. The number of nitrogens with zero attached hydrogens (tertiary/aromatic N) is 2. The molecule has 0 unspecified atom stereocenters. The van der Waals surface area contributed by atoms with E-state index < -0.39 is 5.54 Å². The van der Waals surface area contributed by atoms with E-state index in [4.69, 9.17) is 9.47 Å². The fourth-order valence-electron chi connectivity index (χ4n) is 6.53. The number of hydrogen-bond donors (Lipinski definition) is 0. The van der Waals surface area contributed by atoms with Crippen LogP contribution in [-0.4, -0.2) is 36.4 Å². The van der Waals surface area contributed by atoms with Crippen LogP contribution in [-0.2, 0) is 9.53 Å². The van der Waals surface area contributed by atoms with Gasteiger partial charge in [-0.2, -0.15) is 0 Å². The van der Waals surface area contributed by atoms with E-state index in [2.05, 4.69) is 16.1 Å². The van der Waals surface area contributed by atoms with E-state index in [0.29, 0.717) is 17.9 Å². The minimum Gasteiger partial charge on any atom is -0.467 e. The zero-order valence-electron chi connectivity index (χ0n) is 16.6. The monoisotopic (exact) mass is 370 g/mol. The fraction of sp³-hybridized carbons (Fsp3) is 0.682. The number of benzene rings is 1. The molecule has 0 aromatic heterocycles. The molecule has 0 N–H and O–H groups in total. The van der Waals surface area contributed by atoms with Crippen molar-refractivity contribution in [1.29, 1.82) is 0 Å². The second-order valence-corrected chi connectivity index (χ2v) is 9.49. The molecular weight excluding hydrogens is 340 g/mol. The number of hydrazine groups is 1. The van der Waals surface area contributed by atoms with Gasteiger partial charge < -0.3 is 9.47 Å². The normalized spacial score (nSPS) is 36.1. The van der Waals surface area contributed by atoms with Crippen LogP contribution >= 0.6 is 0 Å². The zero-order chi connectivity index (χ0) is 18.8. The van der Waals surface area contributed by atoms with Crippen molar-refractivity contribution in [2.24, 2.45) is 23.7 Å². The Morgan fingerprint density at radius 1 is 1.07 bits per heavy atom. The maximum absolute atomic E-state index is 13.2. The van der Waals surface area contributed by atoms with Crippen LogP contribution in [0.4, 0.5) is 5.69 Å². The fourth-order valence-corrected chi connectivity index (χ4v) is 6.53. The molecule has 1 amide bonds. The molecule has 5 heteroatoms. The molecule has 1 aromatic carbocycles. The number of carbonyl (C=O) groups excluding carboxylic acids is 1. The molecule has 0 spiro atoms. The summed E-state index contributed by atoms with van der Waals surface area (Å²) in [6.45, 7) is 4.29. The zero-order valence-corrected chi connectivity index (χ0v) is 16.6. The van der Waals surface area contributed by atoms with Crippen LogP contribution in [0.2, 0.25) is 0 Å². The van der Waals surface area contributed by atoms with E-state index in [9.17, 15) is 4.79 Å². The van der Waals surface area contributed by atoms with Crippen LogP contribution in [0.1, 0.15) is 46.0 Å². The first-order chi connectivity index (χ1) is 13.0. The van der Waals surface area contributed by atoms with Gasteiger partial charge >= 0.3 is 0 Å². The summed E-state index contributed by atoms with van der Waals surface area (Å²) < 4.78 is 10.7. The van der Waals surface area contributed by atoms with Gasteiger partial charge in [-0.15, -0.1) is 0 Å². The van der Waals surface area contributed by atoms with Crippen molar-refractivity contribution in [2.45, 2.75) is 57.5 Å². The lowest BCUT2D eigenvalue weighted by molar-refractivity contribution is -0.170. The van der Waals surface area contributed by atoms with Crippen molar-refractivity contribution >= 4 is 11.6 Å². The van der Waals surface area contributed by atoms with Crippen molar-refractivity contribution in [2.75, 3.05) is 18.9 Å². The summed E-state index contributed by atoms with van der Waals surface area (Å²) in [5, 5.41) is 4.34. The molecule has 1 heterocycles. The van der Waals surface area contributed by atoms with Crippen molar-refractivity contribution in [1.82, 2.24) is 5.01 Å². The molecule has 6 rings (SSSR count). The quantitative estimate of drug-likeness (QED) is 0.739. The highest BCUT2D eigenvalue weighted by Gasteiger charge is 2.61. The maximum Gasteiger partial charge on any atom is 0.268 e. The van der Waals surface area contributed by atoms with Gasteiger partial charge in [0.25, 0.3) is 5.91 Å². The van der Waals surface area contributed by atoms with Crippen molar-refractivity contribution in [3.05, 3.63) is 24.3 Å². The third-order valence-electron chi connectivity index (χ3n) is 7.34. The second kappa shape index (κ2) is 6.13. The Kier molecular flexibility index (Phi) is 3.94. The lowest BCUT2D eigenvalue weighted by Crippen LogP contribution is -2.80. The van der Waals surface area contributed by atoms with Gasteiger partial charge in [0.05, 0.1) is 11.7 Å². The highest BCUT2D eigenvalue weighted by atomic mass is 16.7. The minimum absolute atomic E-state index is 0.227. The lowest BCUT2D eigenvalue weighted by atomic mass is 9.53. The maximum atomic E-state index is 13.2. The van der Waals surface area contributed by atoms with E-state index in [1.807, 2.05) is 32.0 Å². The van der Waals surface area contributed by atoms with Crippen molar-refractivity contribution in [3.8, 4) is 5.75 Å². The topological polar surface area (TPSA) is 42.0 Å². The molecule has 1 aromatic rings. The number of rotatable bonds is 5. The van der Waals surface area contributed by atoms with E-state index in [0.717, 1.165) is 23.3 Å². The number of methoxy groups -OCH3 is 1. The Balaban J connectivity index is 1.45. The number of amides is 1. The summed E-state index contributed by atoms with van der Waals surface area (Å²) in [5.74, 6) is 4.21. The molecule has 146 valence electrons. The van der Waals surface area contributed by atoms with Crippen LogP contribution in [0.15, 0.2) is 24.3 Å². The van der Waals surface area contributed by atoms with E-state index in [-0.39, 0.29) is 12.7 Å².